The van der Waals surface area contributed by atoms with Crippen LogP contribution in [0.15, 0.2) is 23.4 Å². The number of rotatable bonds is 6. The van der Waals surface area contributed by atoms with Gasteiger partial charge in [0.15, 0.2) is 6.61 Å². The number of carbonyl (C=O) groups excluding carboxylic acids is 1. The maximum atomic E-state index is 11.3. The van der Waals surface area contributed by atoms with Gasteiger partial charge in [0.1, 0.15) is 5.15 Å². The molecule has 1 aromatic heterocycles. The van der Waals surface area contributed by atoms with Gasteiger partial charge in [-0.25, -0.2) is 9.97 Å². The van der Waals surface area contributed by atoms with Gasteiger partial charge in [-0.3, -0.25) is 4.79 Å². The third-order valence-electron chi connectivity index (χ3n) is 2.93. The molecule has 3 N–H and O–H groups in total. The first-order valence-electron chi connectivity index (χ1n) is 7.12. The quantitative estimate of drug-likeness (QED) is 0.439. The summed E-state index contributed by atoms with van der Waals surface area (Å²) in [6, 6.07) is 4.90. The normalized spacial score (nSPS) is 10.9. The van der Waals surface area contributed by atoms with Crippen molar-refractivity contribution >= 4 is 52.9 Å². The van der Waals surface area contributed by atoms with Gasteiger partial charge in [0.05, 0.1) is 22.5 Å². The van der Waals surface area contributed by atoms with Crippen molar-refractivity contribution in [3.05, 3.63) is 39.0 Å². The van der Waals surface area contributed by atoms with Crippen LogP contribution in [0.25, 0.3) is 11.3 Å². The lowest BCUT2D eigenvalue weighted by molar-refractivity contribution is -0.125. The first-order chi connectivity index (χ1) is 11.9. The first-order valence-corrected chi connectivity index (χ1v) is 8.26. The summed E-state index contributed by atoms with van der Waals surface area (Å²) in [5, 5.41) is 7.21. The van der Waals surface area contributed by atoms with Crippen molar-refractivity contribution in [3.63, 3.8) is 0 Å². The molecule has 0 saturated heterocycles. The number of carbonyl (C=O) groups is 1. The van der Waals surface area contributed by atoms with E-state index in [0.717, 1.165) is 0 Å². The highest BCUT2D eigenvalue weighted by atomic mass is 35.5. The predicted octanol–water partition coefficient (Wildman–Crippen LogP) is 3.17. The topological polar surface area (TPSA) is 102 Å². The number of nitrogens with zero attached hydrogens (tertiary/aromatic N) is 3. The van der Waals surface area contributed by atoms with Crippen molar-refractivity contribution in [1.82, 2.24) is 15.3 Å². The van der Waals surface area contributed by atoms with Gasteiger partial charge in [-0.15, -0.1) is 0 Å². The molecule has 1 amide bonds. The van der Waals surface area contributed by atoms with Gasteiger partial charge in [-0.2, -0.15) is 0 Å². The van der Waals surface area contributed by atoms with Gasteiger partial charge >= 0.3 is 0 Å². The highest BCUT2D eigenvalue weighted by molar-refractivity contribution is 6.37. The molecule has 0 aliphatic rings. The smallest absolute Gasteiger partial charge is 0.260 e. The van der Waals surface area contributed by atoms with Crippen LogP contribution < -0.4 is 11.1 Å². The number of aromatic nitrogens is 2. The van der Waals surface area contributed by atoms with Crippen molar-refractivity contribution in [3.8, 4) is 11.3 Å². The zero-order chi connectivity index (χ0) is 18.4. The molecule has 0 bridgehead atoms. The number of nitrogens with one attached hydrogen (secondary N) is 1. The first kappa shape index (κ1) is 19.2. The highest BCUT2D eigenvalue weighted by Crippen LogP contribution is 2.33. The maximum Gasteiger partial charge on any atom is 0.260 e. The summed E-state index contributed by atoms with van der Waals surface area (Å²) in [5.41, 5.74) is 6.93. The van der Waals surface area contributed by atoms with Crippen molar-refractivity contribution < 1.29 is 9.63 Å². The number of benzene rings is 1. The molecule has 2 rings (SSSR count). The van der Waals surface area contributed by atoms with Gasteiger partial charge < -0.3 is 15.9 Å². The van der Waals surface area contributed by atoms with Gasteiger partial charge in [0, 0.05) is 17.1 Å². The zero-order valence-electron chi connectivity index (χ0n) is 13.1. The number of hydrogen-bond donors (Lipinski definition) is 2. The molecule has 0 aliphatic heterocycles. The second kappa shape index (κ2) is 8.84. The molecule has 0 radical (unpaired) electrons. The van der Waals surface area contributed by atoms with E-state index in [1.807, 2.05) is 0 Å². The molecule has 0 aliphatic carbocycles. The van der Waals surface area contributed by atoms with E-state index in [1.54, 1.807) is 25.1 Å². The minimum atomic E-state index is -0.291. The van der Waals surface area contributed by atoms with Crippen LogP contribution in [0.3, 0.4) is 0 Å². The van der Waals surface area contributed by atoms with Crippen LogP contribution in [0, 0.1) is 0 Å². The van der Waals surface area contributed by atoms with Gasteiger partial charge in [0.2, 0.25) is 5.95 Å². The average Bonchev–Trinajstić information content (AvgIpc) is 2.53. The molecular formula is C15H14Cl3N5O2. The fourth-order valence-corrected chi connectivity index (χ4v) is 2.62. The minimum Gasteiger partial charge on any atom is -0.386 e. The number of amides is 1. The van der Waals surface area contributed by atoms with E-state index in [1.165, 1.54) is 6.21 Å². The fourth-order valence-electron chi connectivity index (χ4n) is 1.89. The Morgan fingerprint density at radius 1 is 1.36 bits per heavy atom. The van der Waals surface area contributed by atoms with Crippen LogP contribution in [-0.2, 0) is 9.63 Å². The van der Waals surface area contributed by atoms with Crippen LogP contribution >= 0.6 is 34.8 Å². The number of nitrogens with two attached hydrogens (primary N) is 1. The lowest BCUT2D eigenvalue weighted by atomic mass is 10.1. The molecule has 1 heterocycles. The van der Waals surface area contributed by atoms with E-state index >= 15 is 0 Å². The summed E-state index contributed by atoms with van der Waals surface area (Å²) in [7, 11) is 0. The Balaban J connectivity index is 2.33. The van der Waals surface area contributed by atoms with Crippen molar-refractivity contribution in [2.75, 3.05) is 18.9 Å². The Hall–Kier alpha value is -2.09. The predicted molar refractivity (Wildman–Crippen MR) is 99.1 cm³/mol. The van der Waals surface area contributed by atoms with Crippen LogP contribution in [0.2, 0.25) is 15.2 Å². The lowest BCUT2D eigenvalue weighted by Crippen LogP contribution is -2.26. The minimum absolute atomic E-state index is 0.0218. The Morgan fingerprint density at radius 2 is 2.12 bits per heavy atom. The summed E-state index contributed by atoms with van der Waals surface area (Å²) >= 11 is 18.3. The number of hydrogen-bond acceptors (Lipinski definition) is 6. The Kier molecular flexibility index (Phi) is 6.81. The van der Waals surface area contributed by atoms with Gasteiger partial charge in [0.25, 0.3) is 5.91 Å². The second-order valence-corrected chi connectivity index (χ2v) is 5.92. The van der Waals surface area contributed by atoms with Gasteiger partial charge in [-0.05, 0) is 25.1 Å². The summed E-state index contributed by atoms with van der Waals surface area (Å²) in [4.78, 5) is 24.3. The standard InChI is InChI=1S/C15H14Cl3N5O2/c1-2-20-12(24)7-25-21-6-10-13(22-15(19)23-14(10)18)9-4-3-8(16)5-11(9)17/h3-6H,2,7H2,1H3,(H,20,24)(H2,19,22,23)/b21-6+. The van der Waals surface area contributed by atoms with Crippen LogP contribution in [-0.4, -0.2) is 35.2 Å². The molecule has 0 spiro atoms. The molecule has 0 fully saturated rings. The molecular weight excluding hydrogens is 389 g/mol. The van der Waals surface area contributed by atoms with Crippen molar-refractivity contribution in [2.24, 2.45) is 5.16 Å². The van der Waals surface area contributed by atoms with E-state index in [2.05, 4.69) is 20.4 Å². The molecule has 132 valence electrons. The van der Waals surface area contributed by atoms with Crippen LogP contribution in [0.1, 0.15) is 12.5 Å². The van der Waals surface area contributed by atoms with Crippen molar-refractivity contribution in [1.29, 1.82) is 0 Å². The molecule has 1 aromatic carbocycles. The van der Waals surface area contributed by atoms with Crippen molar-refractivity contribution in [2.45, 2.75) is 6.92 Å². The fraction of sp³-hybridized carbons (Fsp3) is 0.200. The molecule has 25 heavy (non-hydrogen) atoms. The third-order valence-corrected chi connectivity index (χ3v) is 3.76. The average molecular weight is 403 g/mol. The number of likely N-dealkylation sites (N-methyl/N-ethyl adjacent to an activating group) is 1. The van der Waals surface area contributed by atoms with E-state index in [-0.39, 0.29) is 23.6 Å². The molecule has 0 atom stereocenters. The Morgan fingerprint density at radius 3 is 2.80 bits per heavy atom. The van der Waals surface area contributed by atoms with E-state index in [4.69, 9.17) is 45.4 Å². The Labute approximate surface area is 159 Å². The summed E-state index contributed by atoms with van der Waals surface area (Å²) < 4.78 is 0. The molecule has 7 nitrogen and oxygen atoms in total. The largest absolute Gasteiger partial charge is 0.386 e. The van der Waals surface area contributed by atoms with E-state index in [0.29, 0.717) is 33.4 Å². The van der Waals surface area contributed by atoms with Gasteiger partial charge in [-0.1, -0.05) is 40.0 Å². The summed E-state index contributed by atoms with van der Waals surface area (Å²) in [6.45, 7) is 2.08. The molecule has 0 unspecified atom stereocenters. The maximum absolute atomic E-state index is 11.3. The molecule has 10 heteroatoms. The lowest BCUT2D eigenvalue weighted by Gasteiger charge is -2.09. The van der Waals surface area contributed by atoms with E-state index < -0.39 is 0 Å². The van der Waals surface area contributed by atoms with E-state index in [9.17, 15) is 4.79 Å². The summed E-state index contributed by atoms with van der Waals surface area (Å²) in [6.07, 6.45) is 1.29. The number of halogens is 3. The number of anilines is 1. The second-order valence-electron chi connectivity index (χ2n) is 4.72. The molecule has 0 saturated carbocycles. The van der Waals surface area contributed by atoms with Crippen LogP contribution in [0.5, 0.6) is 0 Å². The third kappa shape index (κ3) is 5.19. The monoisotopic (exact) mass is 401 g/mol. The Bertz CT molecular complexity index is 814. The SMILES string of the molecule is CCNC(=O)CO/N=C/c1c(Cl)nc(N)nc1-c1ccc(Cl)cc1Cl. The van der Waals surface area contributed by atoms with Crippen LogP contribution in [0.4, 0.5) is 5.95 Å². The highest BCUT2D eigenvalue weighted by Gasteiger charge is 2.15. The number of oxime groups is 1. The summed E-state index contributed by atoms with van der Waals surface area (Å²) in [5.74, 6) is -0.313. The zero-order valence-corrected chi connectivity index (χ0v) is 15.4. The molecule has 2 aromatic rings. The number of nitrogen functional groups attached to an aromatic ring is 1.